The van der Waals surface area contributed by atoms with Crippen molar-refractivity contribution in [2.45, 2.75) is 0 Å². The fourth-order valence-corrected chi connectivity index (χ4v) is 0.0833. The van der Waals surface area contributed by atoms with Crippen LogP contribution in [-0.4, -0.2) is 0 Å². The maximum atomic E-state index is 9.67. The van der Waals surface area contributed by atoms with E-state index in [2.05, 4.69) is 21.0 Å². The zero-order chi connectivity index (χ0) is 4.99. The molecule has 0 saturated carbocycles. The molecule has 6 heavy (non-hydrogen) atoms. The van der Waals surface area contributed by atoms with Gasteiger partial charge in [0.2, 0.25) is 0 Å². The van der Waals surface area contributed by atoms with Gasteiger partial charge in [-0.05, 0) is 0 Å². The van der Waals surface area contributed by atoms with E-state index in [1.165, 1.54) is 0 Å². The summed E-state index contributed by atoms with van der Waals surface area (Å²) in [5.41, 5.74) is 0. The van der Waals surface area contributed by atoms with Gasteiger partial charge in [0.1, 0.15) is 0 Å². The first-order valence-electron chi connectivity index (χ1n) is 1.08. The van der Waals surface area contributed by atoms with Crippen LogP contribution in [0.25, 0.3) is 0 Å². The standard InChI is InChI=1S/H5N2O3P/c1-4-6(3)5-2/h6H,1-2H2. The van der Waals surface area contributed by atoms with Crippen molar-refractivity contribution in [3.63, 3.8) is 0 Å². The van der Waals surface area contributed by atoms with Crippen molar-refractivity contribution in [2.75, 3.05) is 0 Å². The van der Waals surface area contributed by atoms with E-state index in [0.717, 1.165) is 0 Å². The third-order valence-electron chi connectivity index (χ3n) is 0.192. The highest BCUT2D eigenvalue weighted by Crippen LogP contribution is 2.14. The van der Waals surface area contributed by atoms with Gasteiger partial charge in [0, 0.05) is 0 Å². The molecule has 0 aliphatic heterocycles. The Balaban J connectivity index is 2.99. The van der Waals surface area contributed by atoms with Gasteiger partial charge < -0.3 is 0 Å². The van der Waals surface area contributed by atoms with Crippen LogP contribution in [0.4, 0.5) is 0 Å². The maximum Gasteiger partial charge on any atom is 0.351 e. The molecule has 0 fully saturated rings. The summed E-state index contributed by atoms with van der Waals surface area (Å²) in [5, 5.41) is 0. The average Bonchev–Trinajstić information content (AvgIpc) is 1.65. The predicted molar refractivity (Wildman–Crippen MR) is 19.5 cm³/mol. The van der Waals surface area contributed by atoms with Crippen LogP contribution in [0.3, 0.4) is 0 Å². The molecule has 0 unspecified atom stereocenters. The normalized spacial score (nSPS) is 9.83. The highest BCUT2D eigenvalue weighted by Gasteiger charge is 1.85. The molecule has 5 nitrogen and oxygen atoms in total. The molecular formula is H5N2O3P. The molecule has 0 aromatic heterocycles. The van der Waals surface area contributed by atoms with E-state index in [0.29, 0.717) is 0 Å². The van der Waals surface area contributed by atoms with Crippen LogP contribution in [-0.2, 0) is 13.8 Å². The minimum Gasteiger partial charge on any atom is -0.260 e. The second-order valence-corrected chi connectivity index (χ2v) is 1.46. The molecule has 0 bridgehead atoms. The van der Waals surface area contributed by atoms with E-state index in [1.807, 2.05) is 0 Å². The summed E-state index contributed by atoms with van der Waals surface area (Å²) < 4.78 is 16.9. The van der Waals surface area contributed by atoms with E-state index >= 15 is 0 Å². The van der Waals surface area contributed by atoms with Crippen LogP contribution >= 0.6 is 8.25 Å². The minimum absolute atomic E-state index is 2.56. The Labute approximate surface area is 35.1 Å². The molecule has 0 aliphatic rings. The SMILES string of the molecule is NO[PH](=O)ON. The van der Waals surface area contributed by atoms with E-state index < -0.39 is 8.25 Å². The maximum absolute atomic E-state index is 9.67. The summed E-state index contributed by atoms with van der Waals surface area (Å²) in [7, 11) is -2.56. The Morgan fingerprint density at radius 2 is 1.67 bits per heavy atom. The van der Waals surface area contributed by atoms with Gasteiger partial charge in [-0.3, -0.25) is 4.57 Å². The van der Waals surface area contributed by atoms with Crippen molar-refractivity contribution in [1.82, 2.24) is 0 Å². The number of rotatable bonds is 2. The average molecular weight is 112 g/mol. The van der Waals surface area contributed by atoms with Crippen molar-refractivity contribution in [2.24, 2.45) is 11.8 Å². The van der Waals surface area contributed by atoms with Gasteiger partial charge >= 0.3 is 8.25 Å². The molecule has 0 aliphatic carbocycles. The highest BCUT2D eigenvalue weighted by atomic mass is 31.1. The number of hydrogen-bond donors (Lipinski definition) is 2. The number of nitrogens with two attached hydrogens (primary N) is 2. The van der Waals surface area contributed by atoms with Crippen LogP contribution in [0.15, 0.2) is 0 Å². The molecule has 38 valence electrons. The summed E-state index contributed by atoms with van der Waals surface area (Å²) in [6, 6.07) is 0. The minimum atomic E-state index is -2.56. The molecule has 0 radical (unpaired) electrons. The van der Waals surface area contributed by atoms with Crippen LogP contribution in [0.1, 0.15) is 0 Å². The Bertz CT molecular complexity index is 46.8. The van der Waals surface area contributed by atoms with Gasteiger partial charge in [-0.2, -0.15) is 0 Å². The summed E-state index contributed by atoms with van der Waals surface area (Å²) in [5.74, 6) is 8.62. The first-order chi connectivity index (χ1) is 2.81. The second kappa shape index (κ2) is 3.27. The molecule has 0 aromatic rings. The highest BCUT2D eigenvalue weighted by molar-refractivity contribution is 7.33. The first kappa shape index (κ1) is 6.07. The molecule has 4 N–H and O–H groups in total. The fraction of sp³-hybridized carbons (Fsp3) is 0. The number of hydrogen-bond acceptors (Lipinski definition) is 5. The Hall–Kier alpha value is 0.0700. The lowest BCUT2D eigenvalue weighted by Crippen LogP contribution is -1.94. The van der Waals surface area contributed by atoms with E-state index in [9.17, 15) is 4.57 Å². The fourth-order valence-electron chi connectivity index (χ4n) is 0.0278. The summed E-state index contributed by atoms with van der Waals surface area (Å²) >= 11 is 0. The molecule has 0 aromatic carbocycles. The lowest BCUT2D eigenvalue weighted by molar-refractivity contribution is 0.234. The largest absolute Gasteiger partial charge is 0.351 e. The Morgan fingerprint density at radius 1 is 1.33 bits per heavy atom. The predicted octanol–water partition coefficient (Wildman–Crippen LogP) is -0.843. The first-order valence-corrected chi connectivity index (χ1v) is 2.31. The van der Waals surface area contributed by atoms with Crippen molar-refractivity contribution < 1.29 is 13.8 Å². The van der Waals surface area contributed by atoms with Gasteiger partial charge in [0.15, 0.2) is 0 Å². The zero-order valence-corrected chi connectivity index (χ0v) is 3.88. The summed E-state index contributed by atoms with van der Waals surface area (Å²) in [6.07, 6.45) is 0. The smallest absolute Gasteiger partial charge is 0.260 e. The Kier molecular flexibility index (Phi) is 3.31. The molecule has 0 spiro atoms. The van der Waals surface area contributed by atoms with Gasteiger partial charge in [-0.1, -0.05) is 0 Å². The van der Waals surface area contributed by atoms with Gasteiger partial charge in [0.05, 0.1) is 0 Å². The van der Waals surface area contributed by atoms with Gasteiger partial charge in [-0.25, -0.2) is 21.0 Å². The lowest BCUT2D eigenvalue weighted by atomic mass is 13.6. The van der Waals surface area contributed by atoms with Crippen LogP contribution in [0.5, 0.6) is 0 Å². The van der Waals surface area contributed by atoms with Gasteiger partial charge in [-0.15, -0.1) is 0 Å². The third-order valence-corrected chi connectivity index (χ3v) is 0.577. The molecule has 0 rings (SSSR count). The van der Waals surface area contributed by atoms with Crippen molar-refractivity contribution >= 4 is 8.25 Å². The van der Waals surface area contributed by atoms with Crippen molar-refractivity contribution in [3.05, 3.63) is 0 Å². The molecule has 0 saturated heterocycles. The molecular weight excluding hydrogens is 107 g/mol. The van der Waals surface area contributed by atoms with E-state index in [4.69, 9.17) is 0 Å². The molecule has 0 heterocycles. The van der Waals surface area contributed by atoms with Crippen molar-refractivity contribution in [1.29, 1.82) is 0 Å². The molecule has 0 amide bonds. The molecule has 6 heteroatoms. The summed E-state index contributed by atoms with van der Waals surface area (Å²) in [4.78, 5) is 0. The Morgan fingerprint density at radius 3 is 1.67 bits per heavy atom. The quantitative estimate of drug-likeness (QED) is 0.359. The monoisotopic (exact) mass is 112 g/mol. The van der Waals surface area contributed by atoms with Crippen LogP contribution in [0.2, 0.25) is 0 Å². The van der Waals surface area contributed by atoms with E-state index in [1.54, 1.807) is 0 Å². The lowest BCUT2D eigenvalue weighted by Gasteiger charge is -1.87. The van der Waals surface area contributed by atoms with Crippen LogP contribution < -0.4 is 11.8 Å². The van der Waals surface area contributed by atoms with Crippen LogP contribution in [0, 0.1) is 0 Å². The van der Waals surface area contributed by atoms with Crippen molar-refractivity contribution in [3.8, 4) is 0 Å². The molecule has 0 atom stereocenters. The van der Waals surface area contributed by atoms with E-state index in [-0.39, 0.29) is 0 Å². The summed E-state index contributed by atoms with van der Waals surface area (Å²) in [6.45, 7) is 0. The third kappa shape index (κ3) is 2.32. The topological polar surface area (TPSA) is 87.6 Å². The van der Waals surface area contributed by atoms with Gasteiger partial charge in [0.25, 0.3) is 0 Å². The second-order valence-electron chi connectivity index (χ2n) is 0.486. The zero-order valence-electron chi connectivity index (χ0n) is 2.88.